The zero-order valence-corrected chi connectivity index (χ0v) is 17.4. The van der Waals surface area contributed by atoms with Crippen LogP contribution in [0.15, 0.2) is 30.9 Å². The maximum atomic E-state index is 13.3. The molecule has 0 spiro atoms. The molecule has 0 bridgehead atoms. The molecule has 0 heterocycles. The van der Waals surface area contributed by atoms with Gasteiger partial charge in [-0.05, 0) is 64.3 Å². The Hall–Kier alpha value is -1.99. The minimum Gasteiger partial charge on any atom is -0.410 e. The van der Waals surface area contributed by atoms with Crippen molar-refractivity contribution in [2.75, 3.05) is 33.8 Å². The molecule has 29 heavy (non-hydrogen) atoms. The number of halogens is 2. The molecule has 0 atom stereocenters. The van der Waals surface area contributed by atoms with Crippen molar-refractivity contribution < 1.29 is 23.0 Å². The van der Waals surface area contributed by atoms with E-state index in [1.54, 1.807) is 7.05 Å². The van der Waals surface area contributed by atoms with Gasteiger partial charge in [0, 0.05) is 32.3 Å². The summed E-state index contributed by atoms with van der Waals surface area (Å²) < 4.78 is 37.4. The number of likely N-dealkylation sites (N-methyl/N-ethyl adjacent to an activating group) is 1. The van der Waals surface area contributed by atoms with Gasteiger partial charge in [-0.15, -0.1) is 6.58 Å². The van der Waals surface area contributed by atoms with Gasteiger partial charge in [-0.3, -0.25) is 0 Å². The van der Waals surface area contributed by atoms with Gasteiger partial charge < -0.3 is 19.3 Å². The number of rotatable bonds is 10. The quantitative estimate of drug-likeness (QED) is 0.417. The maximum absolute atomic E-state index is 13.3. The molecule has 1 aliphatic rings. The monoisotopic (exact) mass is 410 g/mol. The number of carbonyl (C=O) groups excluding carboxylic acids is 1. The van der Waals surface area contributed by atoms with E-state index in [0.29, 0.717) is 0 Å². The third kappa shape index (κ3) is 7.74. The fourth-order valence-corrected chi connectivity index (χ4v) is 3.51. The molecule has 1 saturated carbocycles. The lowest BCUT2D eigenvalue weighted by molar-refractivity contribution is 0.0101. The molecule has 2 rings (SSSR count). The van der Waals surface area contributed by atoms with Crippen LogP contribution in [0.2, 0.25) is 0 Å². The molecule has 1 amide bonds. The summed E-state index contributed by atoms with van der Waals surface area (Å²) in [7, 11) is 3.76. The van der Waals surface area contributed by atoms with Crippen LogP contribution in [0.25, 0.3) is 0 Å². The highest BCUT2D eigenvalue weighted by Crippen LogP contribution is 2.26. The lowest BCUT2D eigenvalue weighted by Crippen LogP contribution is -2.42. The molecule has 1 fully saturated rings. The number of benzene rings is 1. The molecule has 0 saturated heterocycles. The molecule has 7 heteroatoms. The maximum Gasteiger partial charge on any atom is 0.415 e. The van der Waals surface area contributed by atoms with Gasteiger partial charge in [0.15, 0.2) is 11.6 Å². The number of unbranched alkanes of at least 4 members (excludes halogenated alkanes) is 1. The third-order valence-corrected chi connectivity index (χ3v) is 5.30. The predicted molar refractivity (Wildman–Crippen MR) is 109 cm³/mol. The van der Waals surface area contributed by atoms with Crippen molar-refractivity contribution in [3.8, 4) is 5.75 Å². The van der Waals surface area contributed by atoms with Crippen LogP contribution >= 0.6 is 0 Å². The molecule has 0 aromatic heterocycles. The molecular formula is C22H32F2N2O3. The Labute approximate surface area is 172 Å². The SMILES string of the molecule is C=CCN(C)CCCCOC1CCC(N(C)C(=O)Oc2ccc(F)c(F)c2)CC1. The Kier molecular flexibility index (Phi) is 9.54. The van der Waals surface area contributed by atoms with Crippen LogP contribution in [0.1, 0.15) is 38.5 Å². The van der Waals surface area contributed by atoms with Crippen LogP contribution in [0, 0.1) is 11.6 Å². The van der Waals surface area contributed by atoms with Gasteiger partial charge in [0.2, 0.25) is 0 Å². The number of nitrogens with zero attached hydrogens (tertiary/aromatic N) is 2. The molecule has 1 aliphatic carbocycles. The van der Waals surface area contributed by atoms with Crippen LogP contribution < -0.4 is 4.74 Å². The third-order valence-electron chi connectivity index (χ3n) is 5.30. The fourth-order valence-electron chi connectivity index (χ4n) is 3.51. The number of amides is 1. The van der Waals surface area contributed by atoms with Crippen molar-refractivity contribution in [3.63, 3.8) is 0 Å². The van der Waals surface area contributed by atoms with Crippen molar-refractivity contribution in [2.45, 2.75) is 50.7 Å². The average Bonchev–Trinajstić information content (AvgIpc) is 2.70. The van der Waals surface area contributed by atoms with Gasteiger partial charge in [-0.1, -0.05) is 6.08 Å². The topological polar surface area (TPSA) is 42.0 Å². The van der Waals surface area contributed by atoms with Crippen molar-refractivity contribution >= 4 is 6.09 Å². The summed E-state index contributed by atoms with van der Waals surface area (Å²) in [6.07, 6.45) is 7.14. The van der Waals surface area contributed by atoms with E-state index in [1.165, 1.54) is 11.0 Å². The van der Waals surface area contributed by atoms with Crippen molar-refractivity contribution in [1.82, 2.24) is 9.80 Å². The number of hydrogen-bond acceptors (Lipinski definition) is 4. The first kappa shape index (κ1) is 23.3. The predicted octanol–water partition coefficient (Wildman–Crippen LogP) is 4.62. The Morgan fingerprint density at radius 2 is 1.90 bits per heavy atom. The van der Waals surface area contributed by atoms with Gasteiger partial charge >= 0.3 is 6.09 Å². The van der Waals surface area contributed by atoms with E-state index in [4.69, 9.17) is 9.47 Å². The molecule has 162 valence electrons. The van der Waals surface area contributed by atoms with E-state index in [9.17, 15) is 13.6 Å². The van der Waals surface area contributed by atoms with E-state index >= 15 is 0 Å². The van der Waals surface area contributed by atoms with Crippen LogP contribution in [-0.4, -0.2) is 61.8 Å². The van der Waals surface area contributed by atoms with E-state index < -0.39 is 17.7 Å². The minimum atomic E-state index is -1.04. The van der Waals surface area contributed by atoms with Crippen LogP contribution in [0.5, 0.6) is 5.75 Å². The second-order valence-corrected chi connectivity index (χ2v) is 7.61. The molecular weight excluding hydrogens is 378 g/mol. The second kappa shape index (κ2) is 11.9. The van der Waals surface area contributed by atoms with E-state index in [2.05, 4.69) is 18.5 Å². The summed E-state index contributed by atoms with van der Waals surface area (Å²) in [5.41, 5.74) is 0. The highest BCUT2D eigenvalue weighted by molar-refractivity contribution is 5.70. The van der Waals surface area contributed by atoms with Crippen molar-refractivity contribution in [3.05, 3.63) is 42.5 Å². The van der Waals surface area contributed by atoms with E-state index in [0.717, 1.165) is 70.4 Å². The van der Waals surface area contributed by atoms with Crippen LogP contribution in [0.3, 0.4) is 0 Å². The molecule has 0 aliphatic heterocycles. The summed E-state index contributed by atoms with van der Waals surface area (Å²) in [4.78, 5) is 16.0. The Balaban J connectivity index is 1.65. The first-order valence-corrected chi connectivity index (χ1v) is 10.2. The second-order valence-electron chi connectivity index (χ2n) is 7.61. The minimum absolute atomic E-state index is 0.00324. The highest BCUT2D eigenvalue weighted by atomic mass is 19.2. The molecule has 0 N–H and O–H groups in total. The average molecular weight is 411 g/mol. The summed E-state index contributed by atoms with van der Waals surface area (Å²) >= 11 is 0. The smallest absolute Gasteiger partial charge is 0.410 e. The highest BCUT2D eigenvalue weighted by Gasteiger charge is 2.28. The van der Waals surface area contributed by atoms with Gasteiger partial charge in [0.1, 0.15) is 5.75 Å². The molecule has 1 aromatic rings. The standard InChI is InChI=1S/C22H32F2N2O3/c1-4-13-25(2)14-5-6-15-28-18-9-7-17(8-10-18)26(3)22(27)29-19-11-12-20(23)21(24)16-19/h4,11-12,16-18H,1,5-10,13-15H2,2-3H3. The Bertz CT molecular complexity index is 663. The first-order valence-electron chi connectivity index (χ1n) is 10.2. The fraction of sp³-hybridized carbons (Fsp3) is 0.591. The number of carbonyl (C=O) groups is 1. The molecule has 0 radical (unpaired) electrons. The van der Waals surface area contributed by atoms with Gasteiger partial charge in [-0.2, -0.15) is 0 Å². The normalized spacial score (nSPS) is 19.2. The van der Waals surface area contributed by atoms with Crippen LogP contribution in [0.4, 0.5) is 13.6 Å². The van der Waals surface area contributed by atoms with Crippen LogP contribution in [-0.2, 0) is 4.74 Å². The summed E-state index contributed by atoms with van der Waals surface area (Å²) in [5.74, 6) is -2.01. The Morgan fingerprint density at radius 1 is 1.17 bits per heavy atom. The van der Waals surface area contributed by atoms with Crippen molar-refractivity contribution in [2.24, 2.45) is 0 Å². The number of hydrogen-bond donors (Lipinski definition) is 0. The van der Waals surface area contributed by atoms with Crippen molar-refractivity contribution in [1.29, 1.82) is 0 Å². The van der Waals surface area contributed by atoms with Gasteiger partial charge in [0.25, 0.3) is 0 Å². The zero-order valence-electron chi connectivity index (χ0n) is 17.4. The summed E-state index contributed by atoms with van der Waals surface area (Å²) in [6, 6.07) is 3.11. The number of ether oxygens (including phenoxy) is 2. The summed E-state index contributed by atoms with van der Waals surface area (Å²) in [5, 5.41) is 0. The van der Waals surface area contributed by atoms with Gasteiger partial charge in [0.05, 0.1) is 6.10 Å². The lowest BCUT2D eigenvalue weighted by Gasteiger charge is -2.34. The molecule has 1 aromatic carbocycles. The van der Waals surface area contributed by atoms with E-state index in [-0.39, 0.29) is 17.9 Å². The van der Waals surface area contributed by atoms with E-state index in [1.807, 2.05) is 6.08 Å². The largest absolute Gasteiger partial charge is 0.415 e. The van der Waals surface area contributed by atoms with Gasteiger partial charge in [-0.25, -0.2) is 13.6 Å². The Morgan fingerprint density at radius 3 is 2.55 bits per heavy atom. The summed E-state index contributed by atoms with van der Waals surface area (Å²) in [6.45, 7) is 6.43. The zero-order chi connectivity index (χ0) is 21.2. The first-order chi connectivity index (χ1) is 13.9. The molecule has 0 unspecified atom stereocenters. The lowest BCUT2D eigenvalue weighted by atomic mass is 9.92. The molecule has 5 nitrogen and oxygen atoms in total.